The Hall–Kier alpha value is -3.07. The lowest BCUT2D eigenvalue weighted by Crippen LogP contribution is -2.34. The fraction of sp³-hybridized carbons (Fsp3) is 0.136. The summed E-state index contributed by atoms with van der Waals surface area (Å²) in [5.74, 6) is 1.99. The van der Waals surface area contributed by atoms with Crippen LogP contribution in [0.2, 0.25) is 0 Å². The third-order valence-corrected chi connectivity index (χ3v) is 4.63. The Morgan fingerprint density at radius 3 is 2.52 bits per heavy atom. The van der Waals surface area contributed by atoms with Gasteiger partial charge >= 0.3 is 0 Å². The van der Waals surface area contributed by atoms with Gasteiger partial charge in [0.05, 0.1) is 32.2 Å². The average Bonchev–Trinajstić information content (AvgIpc) is 3.03. The van der Waals surface area contributed by atoms with E-state index in [1.54, 1.807) is 7.11 Å². The van der Waals surface area contributed by atoms with Gasteiger partial charge in [-0.15, -0.1) is 0 Å². The number of methoxy groups -OCH3 is 1. The summed E-state index contributed by atoms with van der Waals surface area (Å²) in [6, 6.07) is 20.8. The van der Waals surface area contributed by atoms with Crippen molar-refractivity contribution in [3.05, 3.63) is 78.6 Å². The molecule has 0 aliphatic carbocycles. The molecule has 2 aromatic carbocycles. The zero-order valence-electron chi connectivity index (χ0n) is 14.7. The highest BCUT2D eigenvalue weighted by atomic mass is 16.5. The minimum atomic E-state index is 0.882. The Balaban J connectivity index is 2.02. The molecule has 2 aliphatic rings. The highest BCUT2D eigenvalue weighted by molar-refractivity contribution is 5.80. The third kappa shape index (κ3) is 2.49. The zero-order chi connectivity index (χ0) is 17.4. The number of hydrogen-bond acceptors (Lipinski definition) is 1. The molecule has 2 heterocycles. The Morgan fingerprint density at radius 1 is 0.960 bits per heavy atom. The van der Waals surface area contributed by atoms with Crippen LogP contribution in [-0.4, -0.2) is 11.7 Å². The molecule has 2 aliphatic heterocycles. The topological polar surface area (TPSA) is 18.0 Å². The second kappa shape index (κ2) is 6.10. The Labute approximate surface area is 148 Å². The Morgan fingerprint density at radius 2 is 1.76 bits per heavy atom. The van der Waals surface area contributed by atoms with Gasteiger partial charge in [0.2, 0.25) is 0 Å². The van der Waals surface area contributed by atoms with E-state index in [2.05, 4.69) is 78.0 Å². The predicted molar refractivity (Wildman–Crippen MR) is 99.1 cm³/mol. The number of fused-ring (bicyclic) bond motifs is 1. The fourth-order valence-corrected chi connectivity index (χ4v) is 3.37. The molecule has 0 saturated heterocycles. The monoisotopic (exact) mass is 328 g/mol. The number of rotatable bonds is 3. The van der Waals surface area contributed by atoms with Crippen molar-refractivity contribution < 1.29 is 9.30 Å². The van der Waals surface area contributed by atoms with Crippen molar-refractivity contribution in [1.82, 2.24) is 4.57 Å². The third-order valence-electron chi connectivity index (χ3n) is 4.63. The molecule has 2 aromatic rings. The highest BCUT2D eigenvalue weighted by Crippen LogP contribution is 2.33. The summed E-state index contributed by atoms with van der Waals surface area (Å²) >= 11 is 0. The lowest BCUT2D eigenvalue weighted by Gasteiger charge is -2.14. The molecule has 3 nitrogen and oxygen atoms in total. The summed E-state index contributed by atoms with van der Waals surface area (Å²) in [7, 11) is 3.77. The van der Waals surface area contributed by atoms with Gasteiger partial charge in [0.15, 0.2) is 5.82 Å². The molecular weight excluding hydrogens is 308 g/mol. The minimum absolute atomic E-state index is 0.882. The van der Waals surface area contributed by atoms with Gasteiger partial charge in [-0.2, -0.15) is 0 Å². The first kappa shape index (κ1) is 15.5. The number of ether oxygens (including phenoxy) is 1. The molecule has 4 rings (SSSR count). The number of pyridine rings is 1. The smallest absolute Gasteiger partial charge is 0.196 e. The predicted octanol–water partition coefficient (Wildman–Crippen LogP) is 4.19. The van der Waals surface area contributed by atoms with Crippen LogP contribution in [0.25, 0.3) is 28.2 Å². The van der Waals surface area contributed by atoms with Crippen molar-refractivity contribution in [3.63, 3.8) is 0 Å². The molecule has 0 bridgehead atoms. The van der Waals surface area contributed by atoms with Crippen LogP contribution in [0.15, 0.2) is 66.9 Å². The Kier molecular flexibility index (Phi) is 3.77. The largest absolute Gasteiger partial charge is 0.497 e. The SMILES string of the molecule is COc1cccc(-[n+]2[c-]c(-c3ccccc3)c3cccn(C)c2-3)c1C. The van der Waals surface area contributed by atoms with Crippen LogP contribution in [-0.2, 0) is 7.05 Å². The number of benzene rings is 2. The van der Waals surface area contributed by atoms with Gasteiger partial charge in [0, 0.05) is 5.56 Å². The van der Waals surface area contributed by atoms with Gasteiger partial charge in [-0.25, -0.2) is 0 Å². The summed E-state index contributed by atoms with van der Waals surface area (Å²) in [5, 5.41) is 0. The van der Waals surface area contributed by atoms with E-state index in [9.17, 15) is 0 Å². The maximum Gasteiger partial charge on any atom is 0.196 e. The molecule has 25 heavy (non-hydrogen) atoms. The minimum Gasteiger partial charge on any atom is -0.497 e. The van der Waals surface area contributed by atoms with Gasteiger partial charge in [-0.05, 0) is 30.7 Å². The maximum atomic E-state index is 5.51. The lowest BCUT2D eigenvalue weighted by atomic mass is 10.0. The highest BCUT2D eigenvalue weighted by Gasteiger charge is 2.20. The van der Waals surface area contributed by atoms with Crippen LogP contribution in [0.4, 0.5) is 0 Å². The van der Waals surface area contributed by atoms with Crippen molar-refractivity contribution in [1.29, 1.82) is 0 Å². The lowest BCUT2D eigenvalue weighted by molar-refractivity contribution is -0.588. The first-order valence-corrected chi connectivity index (χ1v) is 8.32. The van der Waals surface area contributed by atoms with Crippen LogP contribution < -0.4 is 9.30 Å². The van der Waals surface area contributed by atoms with Crippen LogP contribution >= 0.6 is 0 Å². The first-order chi connectivity index (χ1) is 12.2. The number of hydrogen-bond donors (Lipinski definition) is 0. The maximum absolute atomic E-state index is 5.51. The molecule has 0 atom stereocenters. The van der Waals surface area contributed by atoms with Crippen LogP contribution in [0.1, 0.15) is 5.56 Å². The summed E-state index contributed by atoms with van der Waals surface area (Å²) in [5.41, 5.74) is 5.63. The van der Waals surface area contributed by atoms with Crippen molar-refractivity contribution in [2.45, 2.75) is 6.92 Å². The number of aromatic nitrogens is 2. The van der Waals surface area contributed by atoms with Crippen LogP contribution in [0.5, 0.6) is 5.75 Å². The van der Waals surface area contributed by atoms with Gasteiger partial charge < -0.3 is 4.74 Å². The molecule has 3 heteroatoms. The van der Waals surface area contributed by atoms with E-state index < -0.39 is 0 Å². The molecule has 0 radical (unpaired) electrons. The van der Waals surface area contributed by atoms with Crippen molar-refractivity contribution in [2.75, 3.05) is 7.11 Å². The molecule has 0 aromatic heterocycles. The molecule has 0 amide bonds. The van der Waals surface area contributed by atoms with Crippen molar-refractivity contribution in [2.24, 2.45) is 7.05 Å². The van der Waals surface area contributed by atoms with E-state index in [1.807, 2.05) is 18.2 Å². The van der Waals surface area contributed by atoms with Crippen molar-refractivity contribution >= 4 is 0 Å². The van der Waals surface area contributed by atoms with E-state index in [0.29, 0.717) is 0 Å². The standard InChI is InChI=1S/C22H20N2O/c1-16-20(12-7-13-21(16)25-3)24-15-19(17-9-5-4-6-10-17)18-11-8-14-23(2)22(18)24/h4-14H,1-3H3. The van der Waals surface area contributed by atoms with Gasteiger partial charge in [0.25, 0.3) is 0 Å². The molecular formula is C22H20N2O. The van der Waals surface area contributed by atoms with E-state index >= 15 is 0 Å². The Bertz CT molecular complexity index is 1000. The molecule has 124 valence electrons. The quantitative estimate of drug-likeness (QED) is 0.407. The molecule has 0 unspecified atom stereocenters. The second-order valence-electron chi connectivity index (χ2n) is 6.15. The van der Waals surface area contributed by atoms with Gasteiger partial charge in [-0.1, -0.05) is 53.6 Å². The van der Waals surface area contributed by atoms with E-state index in [1.165, 1.54) is 5.56 Å². The van der Waals surface area contributed by atoms with E-state index in [0.717, 1.165) is 34.0 Å². The molecule has 0 fully saturated rings. The van der Waals surface area contributed by atoms with Crippen molar-refractivity contribution in [3.8, 4) is 34.0 Å². The van der Waals surface area contributed by atoms with E-state index in [4.69, 9.17) is 4.74 Å². The summed E-state index contributed by atoms with van der Waals surface area (Å²) in [6.07, 6.45) is 5.66. The number of aryl methyl sites for hydroxylation is 1. The van der Waals surface area contributed by atoms with E-state index in [-0.39, 0.29) is 0 Å². The summed E-state index contributed by atoms with van der Waals surface area (Å²) < 4.78 is 9.78. The number of nitrogens with zero attached hydrogens (tertiary/aromatic N) is 2. The van der Waals surface area contributed by atoms with Gasteiger partial charge in [-0.3, -0.25) is 9.13 Å². The van der Waals surface area contributed by atoms with Crippen LogP contribution in [0.3, 0.4) is 0 Å². The first-order valence-electron chi connectivity index (χ1n) is 8.32. The second-order valence-corrected chi connectivity index (χ2v) is 6.15. The fourth-order valence-electron chi connectivity index (χ4n) is 3.37. The summed E-state index contributed by atoms with van der Waals surface area (Å²) in [6.45, 7) is 2.08. The van der Waals surface area contributed by atoms with Crippen LogP contribution in [0, 0.1) is 13.1 Å². The summed E-state index contributed by atoms with van der Waals surface area (Å²) in [4.78, 5) is 0. The average molecular weight is 328 g/mol. The molecule has 0 spiro atoms. The zero-order valence-corrected chi connectivity index (χ0v) is 14.7. The molecule has 0 N–H and O–H groups in total. The van der Waals surface area contributed by atoms with Gasteiger partial charge in [0.1, 0.15) is 5.75 Å². The normalized spacial score (nSPS) is 11.0. The molecule has 0 saturated carbocycles.